The zero-order valence-corrected chi connectivity index (χ0v) is 8.68. The maximum Gasteiger partial charge on any atom is 0.310 e. The van der Waals surface area contributed by atoms with Gasteiger partial charge in [0, 0.05) is 0 Å². The number of cyclic esters (lactones) is 1. The van der Waals surface area contributed by atoms with Crippen LogP contribution in [0.3, 0.4) is 0 Å². The molecule has 3 nitrogen and oxygen atoms in total. The lowest BCUT2D eigenvalue weighted by molar-refractivity contribution is -0.183. The Morgan fingerprint density at radius 2 is 2.13 bits per heavy atom. The molecule has 1 aromatic rings. The van der Waals surface area contributed by atoms with Gasteiger partial charge in [-0.15, -0.1) is 0 Å². The predicted molar refractivity (Wildman–Crippen MR) is 55.2 cm³/mol. The number of carbonyl (C=O) groups is 1. The van der Waals surface area contributed by atoms with Gasteiger partial charge >= 0.3 is 5.97 Å². The molecule has 2 rings (SSSR count). The molecule has 1 aliphatic rings. The van der Waals surface area contributed by atoms with Crippen molar-refractivity contribution in [3.8, 4) is 0 Å². The summed E-state index contributed by atoms with van der Waals surface area (Å²) in [5.41, 5.74) is 1.13. The van der Waals surface area contributed by atoms with Crippen LogP contribution in [0, 0.1) is 0 Å². The molecular formula is C12H14O3. The van der Waals surface area contributed by atoms with Gasteiger partial charge in [0.25, 0.3) is 0 Å². The Hall–Kier alpha value is -1.35. The smallest absolute Gasteiger partial charge is 0.310 e. The highest BCUT2D eigenvalue weighted by atomic mass is 16.6. The molecule has 3 heteroatoms. The molecule has 1 aliphatic heterocycles. The molecule has 0 spiro atoms. The van der Waals surface area contributed by atoms with Gasteiger partial charge < -0.3 is 9.47 Å². The van der Waals surface area contributed by atoms with Crippen LogP contribution in [0.2, 0.25) is 0 Å². The number of hydrogen-bond acceptors (Lipinski definition) is 3. The van der Waals surface area contributed by atoms with Crippen LogP contribution in [0.4, 0.5) is 0 Å². The molecule has 0 aliphatic carbocycles. The molecule has 0 bridgehead atoms. The van der Waals surface area contributed by atoms with Crippen LogP contribution < -0.4 is 0 Å². The van der Waals surface area contributed by atoms with Crippen LogP contribution in [0.1, 0.15) is 18.9 Å². The molecule has 0 amide bonds. The van der Waals surface area contributed by atoms with E-state index in [0.29, 0.717) is 13.0 Å². The zero-order chi connectivity index (χ0) is 10.7. The van der Waals surface area contributed by atoms with E-state index >= 15 is 0 Å². The fourth-order valence-electron chi connectivity index (χ4n) is 1.49. The summed E-state index contributed by atoms with van der Waals surface area (Å²) in [5, 5.41) is 0. The highest BCUT2D eigenvalue weighted by Crippen LogP contribution is 2.19. The van der Waals surface area contributed by atoms with Crippen LogP contribution >= 0.6 is 0 Å². The SMILES string of the molecule is C[C@@H](OCc1ccccc1)[C@@H]1CC(=O)O1. The van der Waals surface area contributed by atoms with Crippen molar-refractivity contribution in [2.75, 3.05) is 0 Å². The summed E-state index contributed by atoms with van der Waals surface area (Å²) in [4.78, 5) is 10.6. The number of ether oxygens (including phenoxy) is 2. The lowest BCUT2D eigenvalue weighted by Gasteiger charge is -2.30. The minimum Gasteiger partial charge on any atom is -0.459 e. The van der Waals surface area contributed by atoms with Gasteiger partial charge in [-0.1, -0.05) is 30.3 Å². The highest BCUT2D eigenvalue weighted by Gasteiger charge is 2.33. The van der Waals surface area contributed by atoms with Gasteiger partial charge in [-0.05, 0) is 12.5 Å². The van der Waals surface area contributed by atoms with Crippen molar-refractivity contribution in [1.82, 2.24) is 0 Å². The maximum atomic E-state index is 10.6. The molecule has 0 saturated carbocycles. The van der Waals surface area contributed by atoms with Crippen LogP contribution in [-0.4, -0.2) is 18.2 Å². The van der Waals surface area contributed by atoms with E-state index in [1.807, 2.05) is 37.3 Å². The molecule has 1 saturated heterocycles. The second-order valence-corrected chi connectivity index (χ2v) is 3.73. The topological polar surface area (TPSA) is 35.5 Å². The molecule has 80 valence electrons. The molecule has 15 heavy (non-hydrogen) atoms. The third-order valence-electron chi connectivity index (χ3n) is 2.53. The summed E-state index contributed by atoms with van der Waals surface area (Å²) in [6.45, 7) is 2.50. The predicted octanol–water partition coefficient (Wildman–Crippen LogP) is 1.91. The standard InChI is InChI=1S/C12H14O3/c1-9(11-7-12(13)15-11)14-8-10-5-3-2-4-6-10/h2-6,9,11H,7-8H2,1H3/t9-,11+/m1/s1. The number of esters is 1. The van der Waals surface area contributed by atoms with E-state index in [9.17, 15) is 4.79 Å². The van der Waals surface area contributed by atoms with Crippen molar-refractivity contribution < 1.29 is 14.3 Å². The Kier molecular flexibility index (Phi) is 3.02. The van der Waals surface area contributed by atoms with Crippen molar-refractivity contribution in [2.24, 2.45) is 0 Å². The molecule has 1 fully saturated rings. The first-order chi connectivity index (χ1) is 7.25. The maximum absolute atomic E-state index is 10.6. The molecular weight excluding hydrogens is 192 g/mol. The number of hydrogen-bond donors (Lipinski definition) is 0. The second kappa shape index (κ2) is 4.45. The van der Waals surface area contributed by atoms with Crippen LogP contribution in [0.5, 0.6) is 0 Å². The van der Waals surface area contributed by atoms with E-state index in [2.05, 4.69) is 0 Å². The minimum atomic E-state index is -0.129. The lowest BCUT2D eigenvalue weighted by atomic mass is 10.1. The fourth-order valence-corrected chi connectivity index (χ4v) is 1.49. The lowest BCUT2D eigenvalue weighted by Crippen LogP contribution is -2.41. The molecule has 1 heterocycles. The highest BCUT2D eigenvalue weighted by molar-refractivity contribution is 5.75. The molecule has 0 aromatic heterocycles. The number of benzene rings is 1. The molecule has 0 radical (unpaired) electrons. The van der Waals surface area contributed by atoms with E-state index in [4.69, 9.17) is 9.47 Å². The summed E-state index contributed by atoms with van der Waals surface area (Å²) in [6, 6.07) is 9.96. The minimum absolute atomic E-state index is 0.0251. The average Bonchev–Trinajstić information content (AvgIpc) is 2.23. The zero-order valence-electron chi connectivity index (χ0n) is 8.68. The van der Waals surface area contributed by atoms with Crippen molar-refractivity contribution >= 4 is 5.97 Å². The molecule has 0 N–H and O–H groups in total. The van der Waals surface area contributed by atoms with Crippen LogP contribution in [0.15, 0.2) is 30.3 Å². The Labute approximate surface area is 89.0 Å². The second-order valence-electron chi connectivity index (χ2n) is 3.73. The largest absolute Gasteiger partial charge is 0.459 e. The first-order valence-corrected chi connectivity index (χ1v) is 5.11. The van der Waals surface area contributed by atoms with E-state index in [-0.39, 0.29) is 18.2 Å². The van der Waals surface area contributed by atoms with Gasteiger partial charge in [0.2, 0.25) is 0 Å². The van der Waals surface area contributed by atoms with Gasteiger partial charge in [0.15, 0.2) is 0 Å². The Bertz CT molecular complexity index is 326. The van der Waals surface area contributed by atoms with E-state index < -0.39 is 0 Å². The Morgan fingerprint density at radius 3 is 2.73 bits per heavy atom. The summed E-state index contributed by atoms with van der Waals surface area (Å²) in [6.07, 6.45) is 0.403. The van der Waals surface area contributed by atoms with Crippen molar-refractivity contribution in [3.05, 3.63) is 35.9 Å². The van der Waals surface area contributed by atoms with E-state index in [1.165, 1.54) is 0 Å². The van der Waals surface area contributed by atoms with E-state index in [1.54, 1.807) is 0 Å². The normalized spacial score (nSPS) is 21.7. The molecule has 2 atom stereocenters. The average molecular weight is 206 g/mol. The Balaban J connectivity index is 1.76. The van der Waals surface area contributed by atoms with Crippen LogP contribution in [-0.2, 0) is 20.9 Å². The van der Waals surface area contributed by atoms with Crippen molar-refractivity contribution in [3.63, 3.8) is 0 Å². The van der Waals surface area contributed by atoms with Gasteiger partial charge in [0.05, 0.1) is 19.1 Å². The first kappa shape index (κ1) is 10.2. The molecule has 1 aromatic carbocycles. The summed E-state index contributed by atoms with van der Waals surface area (Å²) >= 11 is 0. The summed E-state index contributed by atoms with van der Waals surface area (Å²) in [7, 11) is 0. The van der Waals surface area contributed by atoms with Crippen LogP contribution in [0.25, 0.3) is 0 Å². The quantitative estimate of drug-likeness (QED) is 0.706. The Morgan fingerprint density at radius 1 is 1.47 bits per heavy atom. The van der Waals surface area contributed by atoms with E-state index in [0.717, 1.165) is 5.56 Å². The number of rotatable bonds is 4. The molecule has 0 unspecified atom stereocenters. The third-order valence-corrected chi connectivity index (χ3v) is 2.53. The first-order valence-electron chi connectivity index (χ1n) is 5.11. The van der Waals surface area contributed by atoms with Crippen molar-refractivity contribution in [2.45, 2.75) is 32.2 Å². The monoisotopic (exact) mass is 206 g/mol. The summed E-state index contributed by atoms with van der Waals surface area (Å²) in [5.74, 6) is -0.129. The van der Waals surface area contributed by atoms with Crippen molar-refractivity contribution in [1.29, 1.82) is 0 Å². The fraction of sp³-hybridized carbons (Fsp3) is 0.417. The van der Waals surface area contributed by atoms with Gasteiger partial charge in [-0.3, -0.25) is 4.79 Å². The van der Waals surface area contributed by atoms with Gasteiger partial charge in [-0.2, -0.15) is 0 Å². The number of carbonyl (C=O) groups excluding carboxylic acids is 1. The third kappa shape index (κ3) is 2.57. The van der Waals surface area contributed by atoms with Gasteiger partial charge in [0.1, 0.15) is 6.10 Å². The van der Waals surface area contributed by atoms with Gasteiger partial charge in [-0.25, -0.2) is 0 Å². The summed E-state index contributed by atoms with van der Waals surface area (Å²) < 4.78 is 10.5.